The van der Waals surface area contributed by atoms with E-state index in [9.17, 15) is 0 Å². The molecule has 0 rings (SSSR count). The van der Waals surface area contributed by atoms with Gasteiger partial charge in [-0.2, -0.15) is 0 Å². The molecule has 0 aromatic heterocycles. The monoisotopic (exact) mass is 137 g/mol. The Kier molecular flexibility index (Phi) is 5.00. The largest absolute Gasteiger partial charge is 0.103 e. The smallest absolute Gasteiger partial charge is 0.0261 e. The van der Waals surface area contributed by atoms with E-state index in [1.807, 2.05) is 6.08 Å². The van der Waals surface area contributed by atoms with Crippen molar-refractivity contribution in [3.63, 3.8) is 0 Å². The standard InChI is InChI=1S/C10H17/c1-5-10(4)8-6-7-9(2)3/h5,10H,1,6,8H2,2-4H3. The molecule has 0 aromatic carbocycles. The summed E-state index contributed by atoms with van der Waals surface area (Å²) in [5.41, 5.74) is 1.29. The summed E-state index contributed by atoms with van der Waals surface area (Å²) in [4.78, 5) is 0. The Morgan fingerprint density at radius 3 is 2.60 bits per heavy atom. The first-order valence-electron chi connectivity index (χ1n) is 3.83. The van der Waals surface area contributed by atoms with Gasteiger partial charge in [0.2, 0.25) is 0 Å². The fraction of sp³-hybridized carbons (Fsp3) is 0.600. The van der Waals surface area contributed by atoms with Crippen molar-refractivity contribution in [3.05, 3.63) is 24.3 Å². The third-order valence-corrected chi connectivity index (χ3v) is 1.48. The van der Waals surface area contributed by atoms with E-state index in [4.69, 9.17) is 0 Å². The minimum Gasteiger partial charge on any atom is -0.103 e. The van der Waals surface area contributed by atoms with Gasteiger partial charge in [0.05, 0.1) is 0 Å². The van der Waals surface area contributed by atoms with E-state index in [2.05, 4.69) is 33.4 Å². The second-order valence-corrected chi connectivity index (χ2v) is 2.93. The lowest BCUT2D eigenvalue weighted by Gasteiger charge is -2.00. The van der Waals surface area contributed by atoms with E-state index in [-0.39, 0.29) is 0 Å². The van der Waals surface area contributed by atoms with Crippen molar-refractivity contribution in [2.45, 2.75) is 33.6 Å². The molecule has 0 amide bonds. The predicted octanol–water partition coefficient (Wildman–Crippen LogP) is 3.36. The van der Waals surface area contributed by atoms with Crippen LogP contribution in [0.5, 0.6) is 0 Å². The summed E-state index contributed by atoms with van der Waals surface area (Å²) in [7, 11) is 0. The Bertz CT molecular complexity index is 116. The Balaban J connectivity index is 3.36. The van der Waals surface area contributed by atoms with E-state index in [1.165, 1.54) is 12.0 Å². The predicted molar refractivity (Wildman–Crippen MR) is 46.7 cm³/mol. The highest BCUT2D eigenvalue weighted by atomic mass is 14.0. The molecule has 57 valence electrons. The van der Waals surface area contributed by atoms with Crippen LogP contribution in [0.1, 0.15) is 33.6 Å². The summed E-state index contributed by atoms with van der Waals surface area (Å²) < 4.78 is 0. The molecule has 0 spiro atoms. The molecule has 0 bridgehead atoms. The van der Waals surface area contributed by atoms with Crippen LogP contribution < -0.4 is 0 Å². The first-order valence-corrected chi connectivity index (χ1v) is 3.83. The Labute approximate surface area is 64.6 Å². The van der Waals surface area contributed by atoms with Crippen molar-refractivity contribution in [2.24, 2.45) is 5.92 Å². The Morgan fingerprint density at radius 1 is 1.60 bits per heavy atom. The molecule has 10 heavy (non-hydrogen) atoms. The fourth-order valence-corrected chi connectivity index (χ4v) is 0.668. The molecule has 1 atom stereocenters. The average Bonchev–Trinajstić information content (AvgIpc) is 1.87. The van der Waals surface area contributed by atoms with Crippen LogP contribution >= 0.6 is 0 Å². The van der Waals surface area contributed by atoms with Crippen LogP contribution in [0, 0.1) is 12.0 Å². The minimum absolute atomic E-state index is 0.631. The first-order chi connectivity index (χ1) is 4.66. The maximum atomic E-state index is 3.72. The lowest BCUT2D eigenvalue weighted by atomic mass is 10.1. The lowest BCUT2D eigenvalue weighted by molar-refractivity contribution is 0.651. The number of rotatable bonds is 4. The Hall–Kier alpha value is -0.520. The fourth-order valence-electron chi connectivity index (χ4n) is 0.668. The van der Waals surface area contributed by atoms with Gasteiger partial charge in [-0.05, 0) is 38.7 Å². The molecule has 0 N–H and O–H groups in total. The van der Waals surface area contributed by atoms with Crippen LogP contribution in [0.25, 0.3) is 0 Å². The van der Waals surface area contributed by atoms with Crippen molar-refractivity contribution >= 4 is 0 Å². The zero-order chi connectivity index (χ0) is 7.98. The molecule has 1 radical (unpaired) electrons. The Morgan fingerprint density at radius 2 is 2.20 bits per heavy atom. The van der Waals surface area contributed by atoms with Gasteiger partial charge in [-0.1, -0.05) is 18.6 Å². The topological polar surface area (TPSA) is 0 Å². The van der Waals surface area contributed by atoms with Gasteiger partial charge in [0, 0.05) is 0 Å². The van der Waals surface area contributed by atoms with Crippen molar-refractivity contribution in [3.8, 4) is 0 Å². The van der Waals surface area contributed by atoms with E-state index >= 15 is 0 Å². The second-order valence-electron chi connectivity index (χ2n) is 2.93. The van der Waals surface area contributed by atoms with Gasteiger partial charge in [0.1, 0.15) is 0 Å². The summed E-state index contributed by atoms with van der Waals surface area (Å²) in [5, 5.41) is 0. The van der Waals surface area contributed by atoms with Crippen molar-refractivity contribution in [2.75, 3.05) is 0 Å². The summed E-state index contributed by atoms with van der Waals surface area (Å²) in [6, 6.07) is 0. The lowest BCUT2D eigenvalue weighted by Crippen LogP contribution is -1.86. The zero-order valence-corrected chi connectivity index (χ0v) is 7.28. The normalized spacial score (nSPS) is 12.3. The SMILES string of the molecule is C=CC(C)CC[C]=C(C)C. The highest BCUT2D eigenvalue weighted by Gasteiger charge is 1.92. The third-order valence-electron chi connectivity index (χ3n) is 1.48. The quantitative estimate of drug-likeness (QED) is 0.521. The average molecular weight is 137 g/mol. The molecule has 0 aliphatic rings. The van der Waals surface area contributed by atoms with Crippen molar-refractivity contribution < 1.29 is 0 Å². The highest BCUT2D eigenvalue weighted by molar-refractivity contribution is 4.87. The molecular weight excluding hydrogens is 120 g/mol. The van der Waals surface area contributed by atoms with Gasteiger partial charge in [0.15, 0.2) is 0 Å². The number of allylic oxidation sites excluding steroid dienone is 3. The first kappa shape index (κ1) is 9.48. The van der Waals surface area contributed by atoms with E-state index in [0.717, 1.165) is 6.42 Å². The summed E-state index contributed by atoms with van der Waals surface area (Å²) in [6.45, 7) is 10.1. The molecule has 0 fully saturated rings. The molecular formula is C10H17. The van der Waals surface area contributed by atoms with Gasteiger partial charge in [-0.25, -0.2) is 0 Å². The molecule has 0 nitrogen and oxygen atoms in total. The highest BCUT2D eigenvalue weighted by Crippen LogP contribution is 2.06. The van der Waals surface area contributed by atoms with Crippen molar-refractivity contribution in [1.29, 1.82) is 0 Å². The summed E-state index contributed by atoms with van der Waals surface area (Å²) in [5.74, 6) is 0.631. The summed E-state index contributed by atoms with van der Waals surface area (Å²) in [6.07, 6.45) is 7.51. The number of hydrogen-bond donors (Lipinski definition) is 0. The molecule has 0 saturated heterocycles. The maximum Gasteiger partial charge on any atom is -0.0261 e. The molecule has 0 heteroatoms. The summed E-state index contributed by atoms with van der Waals surface area (Å²) >= 11 is 0. The van der Waals surface area contributed by atoms with Gasteiger partial charge < -0.3 is 0 Å². The molecule has 0 saturated carbocycles. The van der Waals surface area contributed by atoms with E-state index in [1.54, 1.807) is 0 Å². The third kappa shape index (κ3) is 5.61. The number of hydrogen-bond acceptors (Lipinski definition) is 0. The molecule has 1 unspecified atom stereocenters. The van der Waals surface area contributed by atoms with Crippen LogP contribution in [0.15, 0.2) is 18.2 Å². The zero-order valence-electron chi connectivity index (χ0n) is 7.28. The van der Waals surface area contributed by atoms with Crippen LogP contribution in [0.3, 0.4) is 0 Å². The molecule has 0 aromatic rings. The van der Waals surface area contributed by atoms with Gasteiger partial charge in [-0.3, -0.25) is 0 Å². The van der Waals surface area contributed by atoms with Gasteiger partial charge >= 0.3 is 0 Å². The molecule has 0 heterocycles. The molecule has 0 aliphatic heterocycles. The van der Waals surface area contributed by atoms with Gasteiger partial charge in [-0.15, -0.1) is 6.58 Å². The second kappa shape index (κ2) is 5.28. The molecule has 0 aliphatic carbocycles. The maximum absolute atomic E-state index is 3.72. The van der Waals surface area contributed by atoms with E-state index < -0.39 is 0 Å². The van der Waals surface area contributed by atoms with E-state index in [0.29, 0.717) is 5.92 Å². The van der Waals surface area contributed by atoms with Gasteiger partial charge in [0.25, 0.3) is 0 Å². The van der Waals surface area contributed by atoms with Crippen LogP contribution in [0.2, 0.25) is 0 Å². The van der Waals surface area contributed by atoms with Crippen LogP contribution in [-0.2, 0) is 0 Å². The van der Waals surface area contributed by atoms with Crippen molar-refractivity contribution in [1.82, 2.24) is 0 Å². The minimum atomic E-state index is 0.631. The van der Waals surface area contributed by atoms with Crippen LogP contribution in [0.4, 0.5) is 0 Å². The van der Waals surface area contributed by atoms with Crippen LogP contribution in [-0.4, -0.2) is 0 Å².